The van der Waals surface area contributed by atoms with Gasteiger partial charge in [-0.1, -0.05) is 25.0 Å². The number of fused-ring (bicyclic) bond motifs is 3. The Labute approximate surface area is 223 Å². The van der Waals surface area contributed by atoms with Gasteiger partial charge in [-0.15, -0.1) is 0 Å². The number of H-pyrrole nitrogens is 1. The lowest BCUT2D eigenvalue weighted by Gasteiger charge is -2.14. The van der Waals surface area contributed by atoms with Crippen LogP contribution in [0.4, 0.5) is 5.69 Å². The molecule has 1 saturated carbocycles. The van der Waals surface area contributed by atoms with Crippen molar-refractivity contribution in [3.05, 3.63) is 66.2 Å². The molecule has 0 spiro atoms. The molecule has 8 nitrogen and oxygen atoms in total. The molecule has 1 fully saturated rings. The van der Waals surface area contributed by atoms with E-state index in [1.54, 1.807) is 24.3 Å². The first kappa shape index (κ1) is 26.3. The van der Waals surface area contributed by atoms with Crippen LogP contribution in [0.1, 0.15) is 37.4 Å². The number of rotatable bonds is 12. The number of hydrogen-bond donors (Lipinski definition) is 4. The topological polar surface area (TPSA) is 113 Å². The fourth-order valence-corrected chi connectivity index (χ4v) is 5.62. The molecular weight excluding hydrogens is 502 g/mol. The number of hydrogen-bond acceptors (Lipinski definition) is 6. The molecule has 1 aliphatic carbocycles. The van der Waals surface area contributed by atoms with Crippen molar-refractivity contribution in [2.75, 3.05) is 37.3 Å². The molecule has 0 saturated heterocycles. The average molecular weight is 538 g/mol. The van der Waals surface area contributed by atoms with E-state index in [-0.39, 0.29) is 0 Å². The van der Waals surface area contributed by atoms with Gasteiger partial charge in [-0.3, -0.25) is 4.72 Å². The maximum absolute atomic E-state index is 11.4. The van der Waals surface area contributed by atoms with Crippen molar-refractivity contribution in [1.29, 1.82) is 0 Å². The molecule has 38 heavy (non-hydrogen) atoms. The van der Waals surface area contributed by atoms with E-state index in [0.29, 0.717) is 36.9 Å². The Kier molecular flexibility index (Phi) is 8.06. The first-order valence-electron chi connectivity index (χ1n) is 13.1. The molecule has 202 valence electrons. The second kappa shape index (κ2) is 11.6. The van der Waals surface area contributed by atoms with Gasteiger partial charge in [0.2, 0.25) is 10.0 Å². The summed E-state index contributed by atoms with van der Waals surface area (Å²) in [7, 11) is -3.37. The lowest BCUT2D eigenvalue weighted by Crippen LogP contribution is -2.26. The highest BCUT2D eigenvalue weighted by Gasteiger charge is 2.16. The molecule has 1 heterocycles. The van der Waals surface area contributed by atoms with Gasteiger partial charge in [-0.2, -0.15) is 0 Å². The normalized spacial score (nSPS) is 15.2. The number of ether oxygens (including phenoxy) is 2. The Balaban J connectivity index is 1.12. The van der Waals surface area contributed by atoms with Gasteiger partial charge in [0.25, 0.3) is 0 Å². The standard InChI is InChI=1S/C29H35N3O5S/c1-38(34,35)32-22-8-4-7-21(15-22)29(33)18-30-13-14-36-23-9-11-25-26-12-10-24(17-28(26)31-27(25)16-23)37-19-20-5-2-3-6-20/h4,7-12,15-17,20,29-33H,2-3,5-6,13-14,18-19H2,1H3/t29-/m0/s1. The summed E-state index contributed by atoms with van der Waals surface area (Å²) in [5, 5.41) is 15.9. The van der Waals surface area contributed by atoms with Gasteiger partial charge >= 0.3 is 0 Å². The van der Waals surface area contributed by atoms with E-state index >= 15 is 0 Å². The van der Waals surface area contributed by atoms with Crippen molar-refractivity contribution in [1.82, 2.24) is 10.3 Å². The molecule has 0 unspecified atom stereocenters. The van der Waals surface area contributed by atoms with Crippen LogP contribution in [-0.4, -0.2) is 51.1 Å². The molecule has 9 heteroatoms. The van der Waals surface area contributed by atoms with E-state index in [4.69, 9.17) is 9.47 Å². The van der Waals surface area contributed by atoms with Crippen molar-refractivity contribution >= 4 is 37.5 Å². The van der Waals surface area contributed by atoms with E-state index in [2.05, 4.69) is 33.2 Å². The highest BCUT2D eigenvalue weighted by molar-refractivity contribution is 7.92. The van der Waals surface area contributed by atoms with E-state index in [1.165, 1.54) is 25.7 Å². The van der Waals surface area contributed by atoms with Gasteiger partial charge in [0.05, 0.1) is 30.0 Å². The molecule has 0 radical (unpaired) electrons. The number of aromatic nitrogens is 1. The van der Waals surface area contributed by atoms with Crippen molar-refractivity contribution in [3.63, 3.8) is 0 Å². The SMILES string of the molecule is CS(=O)(=O)Nc1cccc([C@@H](O)CNCCOc2ccc3c(c2)[nH]c2cc(OCC4CCCC4)ccc23)c1. The Hall–Kier alpha value is -3.27. The number of aromatic amines is 1. The number of benzene rings is 3. The van der Waals surface area contributed by atoms with Crippen molar-refractivity contribution in [2.24, 2.45) is 5.92 Å². The summed E-state index contributed by atoms with van der Waals surface area (Å²) in [6.07, 6.45) is 5.50. The van der Waals surface area contributed by atoms with Crippen LogP contribution in [-0.2, 0) is 10.0 Å². The van der Waals surface area contributed by atoms with Crippen LogP contribution in [0.2, 0.25) is 0 Å². The molecule has 1 aliphatic rings. The summed E-state index contributed by atoms with van der Waals surface area (Å²) in [5.74, 6) is 2.35. The quantitative estimate of drug-likeness (QED) is 0.190. The number of nitrogens with one attached hydrogen (secondary N) is 3. The van der Waals surface area contributed by atoms with Gasteiger partial charge in [0.15, 0.2) is 0 Å². The zero-order chi connectivity index (χ0) is 26.5. The second-order valence-corrected chi connectivity index (χ2v) is 11.8. The lowest BCUT2D eigenvalue weighted by atomic mass is 10.1. The van der Waals surface area contributed by atoms with Crippen LogP contribution >= 0.6 is 0 Å². The van der Waals surface area contributed by atoms with E-state index in [0.717, 1.165) is 46.2 Å². The van der Waals surface area contributed by atoms with Crippen molar-refractivity contribution in [2.45, 2.75) is 31.8 Å². The Morgan fingerprint density at radius 1 is 0.974 bits per heavy atom. The van der Waals surface area contributed by atoms with Crippen LogP contribution in [0.25, 0.3) is 21.8 Å². The van der Waals surface area contributed by atoms with Crippen LogP contribution in [0.15, 0.2) is 60.7 Å². The maximum Gasteiger partial charge on any atom is 0.229 e. The Morgan fingerprint density at radius 2 is 1.66 bits per heavy atom. The summed E-state index contributed by atoms with van der Waals surface area (Å²) in [6.45, 7) is 2.09. The molecule has 4 N–H and O–H groups in total. The van der Waals surface area contributed by atoms with Gasteiger partial charge < -0.3 is 24.9 Å². The fourth-order valence-electron chi connectivity index (χ4n) is 5.06. The molecular formula is C29H35N3O5S. The predicted molar refractivity (Wildman–Crippen MR) is 151 cm³/mol. The zero-order valence-corrected chi connectivity index (χ0v) is 22.4. The van der Waals surface area contributed by atoms with Gasteiger partial charge in [-0.05, 0) is 60.7 Å². The minimum atomic E-state index is -3.37. The number of anilines is 1. The zero-order valence-electron chi connectivity index (χ0n) is 21.6. The number of aliphatic hydroxyl groups is 1. The molecule has 1 atom stereocenters. The van der Waals surface area contributed by atoms with Gasteiger partial charge in [0, 0.05) is 41.7 Å². The average Bonchev–Trinajstić information content (AvgIpc) is 3.53. The third-order valence-electron chi connectivity index (χ3n) is 6.96. The summed E-state index contributed by atoms with van der Waals surface area (Å²) in [4.78, 5) is 3.49. The first-order chi connectivity index (χ1) is 18.3. The molecule has 3 aromatic carbocycles. The van der Waals surface area contributed by atoms with Crippen LogP contribution in [0.5, 0.6) is 11.5 Å². The Bertz CT molecular complexity index is 1490. The summed E-state index contributed by atoms with van der Waals surface area (Å²) in [6, 6.07) is 19.0. The molecule has 5 rings (SSSR count). The summed E-state index contributed by atoms with van der Waals surface area (Å²) in [5.41, 5.74) is 3.11. The molecule has 0 aliphatic heterocycles. The summed E-state index contributed by atoms with van der Waals surface area (Å²) >= 11 is 0. The fraction of sp³-hybridized carbons (Fsp3) is 0.379. The Morgan fingerprint density at radius 3 is 2.34 bits per heavy atom. The molecule has 0 amide bonds. The van der Waals surface area contributed by atoms with Crippen LogP contribution in [0, 0.1) is 5.92 Å². The van der Waals surface area contributed by atoms with Gasteiger partial charge in [-0.25, -0.2) is 8.42 Å². The van der Waals surface area contributed by atoms with E-state index < -0.39 is 16.1 Å². The molecule has 0 bridgehead atoms. The minimum absolute atomic E-state index is 0.317. The van der Waals surface area contributed by atoms with Crippen molar-refractivity contribution < 1.29 is 23.0 Å². The van der Waals surface area contributed by atoms with Crippen LogP contribution in [0.3, 0.4) is 0 Å². The second-order valence-electron chi connectivity index (χ2n) is 10.1. The largest absolute Gasteiger partial charge is 0.493 e. The maximum atomic E-state index is 11.4. The summed E-state index contributed by atoms with van der Waals surface area (Å²) < 4.78 is 37.3. The first-order valence-corrected chi connectivity index (χ1v) is 15.0. The highest BCUT2D eigenvalue weighted by atomic mass is 32.2. The van der Waals surface area contributed by atoms with Crippen LogP contribution < -0.4 is 19.5 Å². The smallest absolute Gasteiger partial charge is 0.229 e. The molecule has 4 aromatic rings. The van der Waals surface area contributed by atoms with E-state index in [1.807, 2.05) is 18.2 Å². The minimum Gasteiger partial charge on any atom is -0.493 e. The third kappa shape index (κ3) is 6.78. The highest BCUT2D eigenvalue weighted by Crippen LogP contribution is 2.31. The molecule has 1 aromatic heterocycles. The third-order valence-corrected chi connectivity index (χ3v) is 7.57. The lowest BCUT2D eigenvalue weighted by molar-refractivity contribution is 0.172. The monoisotopic (exact) mass is 537 g/mol. The van der Waals surface area contributed by atoms with Gasteiger partial charge in [0.1, 0.15) is 18.1 Å². The predicted octanol–water partition coefficient (Wildman–Crippen LogP) is 4.96. The van der Waals surface area contributed by atoms with Crippen molar-refractivity contribution in [3.8, 4) is 11.5 Å². The number of sulfonamides is 1. The van der Waals surface area contributed by atoms with E-state index in [9.17, 15) is 13.5 Å². The number of aliphatic hydroxyl groups excluding tert-OH is 1.